The summed E-state index contributed by atoms with van der Waals surface area (Å²) in [5.41, 5.74) is 22.5. The highest BCUT2D eigenvalue weighted by atomic mass is 16.5. The molecule has 0 aliphatic carbocycles. The van der Waals surface area contributed by atoms with Crippen molar-refractivity contribution < 1.29 is 19.1 Å². The Hall–Kier alpha value is -5.51. The van der Waals surface area contributed by atoms with Crippen LogP contribution in [0.2, 0.25) is 0 Å². The lowest BCUT2D eigenvalue weighted by molar-refractivity contribution is -0.115. The first kappa shape index (κ1) is 31.7. The number of anilines is 6. The number of aryl methyl sites for hydroxylation is 1. The maximum absolute atomic E-state index is 11.8. The minimum absolute atomic E-state index is 0.0850. The number of carbonyl (C=O) groups excluding carboxylic acids is 3. The summed E-state index contributed by atoms with van der Waals surface area (Å²) in [4.78, 5) is 33.1. The van der Waals surface area contributed by atoms with Crippen molar-refractivity contribution in [3.05, 3.63) is 102 Å². The van der Waals surface area contributed by atoms with Gasteiger partial charge in [0, 0.05) is 47.8 Å². The average Bonchev–Trinajstić information content (AvgIpc) is 2.91. The highest BCUT2D eigenvalue weighted by Gasteiger charge is 2.04. The topological polar surface area (TPSA) is 175 Å². The third-order valence-corrected chi connectivity index (χ3v) is 5.33. The molecule has 0 heterocycles. The van der Waals surface area contributed by atoms with Crippen LogP contribution < -0.4 is 37.9 Å². The molecule has 10 heteroatoms. The number of ether oxygens (including phenoxy) is 1. The maximum atomic E-state index is 11.8. The number of hydrogen-bond donors (Lipinski definition) is 6. The van der Waals surface area contributed by atoms with Gasteiger partial charge in [0.25, 0.3) is 5.91 Å². The molecule has 0 aromatic heterocycles. The number of benzene rings is 4. The smallest absolute Gasteiger partial charge is 0.255 e. The Bertz CT molecular complexity index is 1470. The van der Waals surface area contributed by atoms with E-state index in [0.717, 1.165) is 11.3 Å². The summed E-state index contributed by atoms with van der Waals surface area (Å²) in [6.45, 7) is 4.84. The summed E-state index contributed by atoms with van der Waals surface area (Å²) in [7, 11) is 1.55. The minimum Gasteiger partial charge on any atom is -0.495 e. The molecule has 0 fully saturated rings. The lowest BCUT2D eigenvalue weighted by Crippen LogP contribution is -2.11. The molecule has 3 amide bonds. The van der Waals surface area contributed by atoms with Crippen LogP contribution in [-0.4, -0.2) is 24.8 Å². The van der Waals surface area contributed by atoms with Crippen molar-refractivity contribution in [3.63, 3.8) is 0 Å². The molecule has 0 unspecified atom stereocenters. The predicted molar refractivity (Wildman–Crippen MR) is 167 cm³/mol. The molecular formula is C31H36N6O4. The lowest BCUT2D eigenvalue weighted by atomic mass is 10.2. The standard InChI is InChI=1S/C13H12N2O.C9H12N2O2.C9H12N2O/c14-11-7-4-8-12(9-11)15-13(16)10-5-2-1-3-6-10;1-6(12)11-7-3-4-9(13-2)8(10)5-7;1-6-3-4-8(5-9(6)10)11-7(2)12/h1-9H,14H2,(H,15,16);3-5H,10H2,1-2H3,(H,11,12);3-5H,10H2,1-2H3,(H,11,12). The fourth-order valence-corrected chi connectivity index (χ4v) is 3.35. The zero-order valence-electron chi connectivity index (χ0n) is 23.5. The monoisotopic (exact) mass is 556 g/mol. The van der Waals surface area contributed by atoms with Gasteiger partial charge >= 0.3 is 0 Å². The first-order chi connectivity index (χ1) is 19.5. The Morgan fingerprint density at radius 1 is 0.634 bits per heavy atom. The van der Waals surface area contributed by atoms with E-state index in [-0.39, 0.29) is 17.7 Å². The Morgan fingerprint density at radius 3 is 1.71 bits per heavy atom. The molecule has 0 spiro atoms. The van der Waals surface area contributed by atoms with Gasteiger partial charge in [-0.1, -0.05) is 30.3 Å². The largest absolute Gasteiger partial charge is 0.495 e. The van der Waals surface area contributed by atoms with E-state index in [1.165, 1.54) is 13.8 Å². The molecule has 41 heavy (non-hydrogen) atoms. The molecule has 0 bridgehead atoms. The second-order valence-electron chi connectivity index (χ2n) is 8.84. The molecule has 0 aliphatic rings. The van der Waals surface area contributed by atoms with E-state index in [4.69, 9.17) is 21.9 Å². The second-order valence-corrected chi connectivity index (χ2v) is 8.84. The summed E-state index contributed by atoms with van der Waals surface area (Å²) >= 11 is 0. The summed E-state index contributed by atoms with van der Waals surface area (Å²) in [5, 5.41) is 8.06. The molecule has 10 nitrogen and oxygen atoms in total. The molecule has 214 valence electrons. The van der Waals surface area contributed by atoms with Crippen LogP contribution in [0.1, 0.15) is 29.8 Å². The van der Waals surface area contributed by atoms with Gasteiger partial charge in [0.15, 0.2) is 0 Å². The van der Waals surface area contributed by atoms with Crippen molar-refractivity contribution in [3.8, 4) is 5.75 Å². The Balaban J connectivity index is 0.000000218. The quantitative estimate of drug-likeness (QED) is 0.181. The number of nitrogens with one attached hydrogen (secondary N) is 3. The van der Waals surface area contributed by atoms with Crippen molar-refractivity contribution in [1.82, 2.24) is 0 Å². The van der Waals surface area contributed by atoms with Crippen LogP contribution in [-0.2, 0) is 9.59 Å². The molecule has 9 N–H and O–H groups in total. The van der Waals surface area contributed by atoms with E-state index in [0.29, 0.717) is 39.7 Å². The number of nitrogens with two attached hydrogens (primary N) is 3. The lowest BCUT2D eigenvalue weighted by Gasteiger charge is -2.06. The zero-order chi connectivity index (χ0) is 30.4. The third kappa shape index (κ3) is 11.4. The van der Waals surface area contributed by atoms with Crippen LogP contribution in [0, 0.1) is 6.92 Å². The predicted octanol–water partition coefficient (Wildman–Crippen LogP) is 5.29. The van der Waals surface area contributed by atoms with Gasteiger partial charge in [-0.25, -0.2) is 0 Å². The normalized spacial score (nSPS) is 9.56. The van der Waals surface area contributed by atoms with E-state index in [9.17, 15) is 14.4 Å². The number of amides is 3. The SMILES string of the molecule is CC(=O)Nc1ccc(C)c(N)c1.COc1ccc(NC(C)=O)cc1N.Nc1cccc(NC(=O)c2ccccc2)c1. The van der Waals surface area contributed by atoms with Crippen LogP contribution in [0.3, 0.4) is 0 Å². The summed E-state index contributed by atoms with van der Waals surface area (Å²) < 4.78 is 4.97. The number of methoxy groups -OCH3 is 1. The first-order valence-electron chi connectivity index (χ1n) is 12.5. The number of hydrogen-bond acceptors (Lipinski definition) is 7. The van der Waals surface area contributed by atoms with E-state index in [1.54, 1.807) is 67.8 Å². The minimum atomic E-state index is -0.133. The number of nitrogen functional groups attached to an aromatic ring is 3. The van der Waals surface area contributed by atoms with Crippen molar-refractivity contribution in [2.24, 2.45) is 0 Å². The van der Waals surface area contributed by atoms with Gasteiger partial charge in [-0.3, -0.25) is 14.4 Å². The summed E-state index contributed by atoms with van der Waals surface area (Å²) in [6.07, 6.45) is 0. The molecule has 0 atom stereocenters. The Kier molecular flexibility index (Phi) is 12.2. The van der Waals surface area contributed by atoms with E-state index in [2.05, 4.69) is 16.0 Å². The van der Waals surface area contributed by atoms with Crippen molar-refractivity contribution in [2.75, 3.05) is 40.3 Å². The van der Waals surface area contributed by atoms with Gasteiger partial charge in [-0.2, -0.15) is 0 Å². The van der Waals surface area contributed by atoms with Crippen LogP contribution in [0.4, 0.5) is 34.1 Å². The van der Waals surface area contributed by atoms with Gasteiger partial charge in [0.05, 0.1) is 12.8 Å². The number of carbonyl (C=O) groups is 3. The Labute approximate surface area is 239 Å². The van der Waals surface area contributed by atoms with Crippen LogP contribution >= 0.6 is 0 Å². The fourth-order valence-electron chi connectivity index (χ4n) is 3.35. The molecule has 4 rings (SSSR count). The van der Waals surface area contributed by atoms with E-state index < -0.39 is 0 Å². The van der Waals surface area contributed by atoms with Gasteiger partial charge in [-0.15, -0.1) is 0 Å². The van der Waals surface area contributed by atoms with Gasteiger partial charge < -0.3 is 37.9 Å². The third-order valence-electron chi connectivity index (χ3n) is 5.33. The molecule has 0 saturated carbocycles. The van der Waals surface area contributed by atoms with Crippen LogP contribution in [0.5, 0.6) is 5.75 Å². The van der Waals surface area contributed by atoms with Crippen molar-refractivity contribution in [1.29, 1.82) is 0 Å². The van der Waals surface area contributed by atoms with Gasteiger partial charge in [-0.05, 0) is 73.2 Å². The molecular weight excluding hydrogens is 520 g/mol. The van der Waals surface area contributed by atoms with Crippen LogP contribution in [0.25, 0.3) is 0 Å². The van der Waals surface area contributed by atoms with E-state index in [1.807, 2.05) is 37.3 Å². The zero-order valence-corrected chi connectivity index (χ0v) is 23.5. The summed E-state index contributed by atoms with van der Waals surface area (Å²) in [6, 6.07) is 26.7. The fraction of sp³-hybridized carbons (Fsp3) is 0.129. The molecule has 4 aromatic carbocycles. The second kappa shape index (κ2) is 15.8. The summed E-state index contributed by atoms with van der Waals surface area (Å²) in [5.74, 6) is 0.267. The average molecular weight is 557 g/mol. The van der Waals surface area contributed by atoms with Crippen molar-refractivity contribution >= 4 is 51.8 Å². The molecule has 4 aromatic rings. The van der Waals surface area contributed by atoms with Gasteiger partial charge in [0.2, 0.25) is 11.8 Å². The van der Waals surface area contributed by atoms with Crippen LogP contribution in [0.15, 0.2) is 91.0 Å². The highest BCUT2D eigenvalue weighted by Crippen LogP contribution is 2.24. The molecule has 0 saturated heterocycles. The molecule has 0 aliphatic heterocycles. The first-order valence-corrected chi connectivity index (χ1v) is 12.5. The van der Waals surface area contributed by atoms with Gasteiger partial charge in [0.1, 0.15) is 5.75 Å². The maximum Gasteiger partial charge on any atom is 0.255 e. The van der Waals surface area contributed by atoms with Crippen molar-refractivity contribution in [2.45, 2.75) is 20.8 Å². The molecule has 0 radical (unpaired) electrons. The van der Waals surface area contributed by atoms with E-state index >= 15 is 0 Å². The highest BCUT2D eigenvalue weighted by molar-refractivity contribution is 6.04. The number of rotatable bonds is 5. The Morgan fingerprint density at radius 2 is 1.20 bits per heavy atom.